The van der Waals surface area contributed by atoms with Crippen LogP contribution in [0.4, 0.5) is 0 Å². The number of benzene rings is 1. The van der Waals surface area contributed by atoms with Crippen LogP contribution in [0.2, 0.25) is 5.02 Å². The van der Waals surface area contributed by atoms with Crippen molar-refractivity contribution in [3.05, 3.63) is 34.3 Å². The Balaban J connectivity index is 3.03. The third-order valence-electron chi connectivity index (χ3n) is 1.77. The van der Waals surface area contributed by atoms with Crippen LogP contribution in [0.3, 0.4) is 0 Å². The highest BCUT2D eigenvalue weighted by Crippen LogP contribution is 2.20. The minimum absolute atomic E-state index is 0.332. The second-order valence-electron chi connectivity index (χ2n) is 2.65. The number of ether oxygens (including phenoxy) is 1. The quantitative estimate of drug-likeness (QED) is 0.743. The molecule has 0 aliphatic rings. The molecule has 0 aromatic heterocycles. The smallest absolute Gasteiger partial charge is 0.0716 e. The molecule has 1 rings (SSSR count). The van der Waals surface area contributed by atoms with Crippen LogP contribution >= 0.6 is 11.6 Å². The lowest BCUT2D eigenvalue weighted by atomic mass is 10.1. The molecule has 0 aliphatic heterocycles. The Morgan fingerprint density at radius 2 is 2.31 bits per heavy atom. The lowest BCUT2D eigenvalue weighted by Crippen LogP contribution is -1.95. The van der Waals surface area contributed by atoms with Crippen LogP contribution in [0, 0.1) is 11.3 Å². The van der Waals surface area contributed by atoms with Gasteiger partial charge in [0.05, 0.1) is 19.1 Å². The van der Waals surface area contributed by atoms with Gasteiger partial charge in [-0.3, -0.25) is 0 Å². The Morgan fingerprint density at radius 3 is 2.92 bits per heavy atom. The molecule has 1 aromatic rings. The fourth-order valence-corrected chi connectivity index (χ4v) is 1.43. The van der Waals surface area contributed by atoms with Gasteiger partial charge < -0.3 is 4.74 Å². The zero-order valence-corrected chi connectivity index (χ0v) is 8.14. The van der Waals surface area contributed by atoms with E-state index in [9.17, 15) is 0 Å². The largest absolute Gasteiger partial charge is 0.380 e. The van der Waals surface area contributed by atoms with E-state index in [-0.39, 0.29) is 0 Å². The number of halogens is 1. The Hall–Kier alpha value is -1.04. The van der Waals surface area contributed by atoms with Gasteiger partial charge in [-0.2, -0.15) is 5.26 Å². The van der Waals surface area contributed by atoms with E-state index in [2.05, 4.69) is 6.07 Å². The van der Waals surface area contributed by atoms with Gasteiger partial charge in [-0.25, -0.2) is 0 Å². The fraction of sp³-hybridized carbons (Fsp3) is 0.300. The van der Waals surface area contributed by atoms with Gasteiger partial charge in [0.15, 0.2) is 0 Å². The van der Waals surface area contributed by atoms with E-state index in [1.807, 2.05) is 12.1 Å². The van der Waals surface area contributed by atoms with Gasteiger partial charge >= 0.3 is 0 Å². The second-order valence-corrected chi connectivity index (χ2v) is 3.05. The molecular weight excluding hydrogens is 186 g/mol. The van der Waals surface area contributed by atoms with Gasteiger partial charge in [0, 0.05) is 12.1 Å². The first-order valence-corrected chi connectivity index (χ1v) is 4.29. The summed E-state index contributed by atoms with van der Waals surface area (Å²) in [4.78, 5) is 0. The molecule has 0 atom stereocenters. The zero-order chi connectivity index (χ0) is 9.68. The molecule has 0 radical (unpaired) electrons. The molecule has 0 aliphatic carbocycles. The van der Waals surface area contributed by atoms with Crippen LogP contribution in [0.5, 0.6) is 0 Å². The van der Waals surface area contributed by atoms with Gasteiger partial charge in [0.1, 0.15) is 0 Å². The lowest BCUT2D eigenvalue weighted by molar-refractivity contribution is 0.184. The molecule has 0 heterocycles. The number of nitriles is 1. The van der Waals surface area contributed by atoms with Gasteiger partial charge in [-0.05, 0) is 17.2 Å². The van der Waals surface area contributed by atoms with E-state index in [4.69, 9.17) is 21.6 Å². The number of hydrogen-bond donors (Lipinski definition) is 0. The molecule has 0 N–H and O–H groups in total. The molecule has 0 saturated heterocycles. The van der Waals surface area contributed by atoms with Crippen molar-refractivity contribution >= 4 is 11.6 Å². The van der Waals surface area contributed by atoms with Crippen molar-refractivity contribution in [3.63, 3.8) is 0 Å². The van der Waals surface area contributed by atoms with E-state index in [0.29, 0.717) is 18.1 Å². The number of methoxy groups -OCH3 is 1. The Morgan fingerprint density at radius 1 is 1.54 bits per heavy atom. The summed E-state index contributed by atoms with van der Waals surface area (Å²) in [6, 6.07) is 7.65. The zero-order valence-electron chi connectivity index (χ0n) is 7.38. The summed E-state index contributed by atoms with van der Waals surface area (Å²) in [6.07, 6.45) is 0.332. The minimum Gasteiger partial charge on any atom is -0.380 e. The molecule has 13 heavy (non-hydrogen) atoms. The first-order chi connectivity index (χ1) is 6.29. The molecule has 68 valence electrons. The molecule has 0 fully saturated rings. The average Bonchev–Trinajstić information content (AvgIpc) is 2.11. The monoisotopic (exact) mass is 195 g/mol. The summed E-state index contributed by atoms with van der Waals surface area (Å²) in [6.45, 7) is 0.498. The maximum Gasteiger partial charge on any atom is 0.0716 e. The Kier molecular flexibility index (Phi) is 3.75. The molecule has 0 spiro atoms. The van der Waals surface area contributed by atoms with Crippen LogP contribution in [0.15, 0.2) is 18.2 Å². The highest BCUT2D eigenvalue weighted by molar-refractivity contribution is 6.31. The standard InChI is InChI=1S/C10H10ClNO/c1-13-7-8-3-2-4-10(11)9(8)5-6-12/h2-4H,5,7H2,1H3. The molecule has 0 saturated carbocycles. The summed E-state index contributed by atoms with van der Waals surface area (Å²) >= 11 is 5.94. The first-order valence-electron chi connectivity index (χ1n) is 3.91. The van der Waals surface area contributed by atoms with Crippen molar-refractivity contribution < 1.29 is 4.74 Å². The molecule has 3 heteroatoms. The van der Waals surface area contributed by atoms with Crippen LogP contribution in [-0.2, 0) is 17.8 Å². The van der Waals surface area contributed by atoms with Crippen LogP contribution in [0.1, 0.15) is 11.1 Å². The van der Waals surface area contributed by atoms with E-state index in [1.54, 1.807) is 13.2 Å². The summed E-state index contributed by atoms with van der Waals surface area (Å²) in [5.41, 5.74) is 1.85. The van der Waals surface area contributed by atoms with Crippen LogP contribution in [-0.4, -0.2) is 7.11 Å². The van der Waals surface area contributed by atoms with Gasteiger partial charge in [0.25, 0.3) is 0 Å². The fourth-order valence-electron chi connectivity index (χ4n) is 1.17. The lowest BCUT2D eigenvalue weighted by Gasteiger charge is -2.06. The molecule has 2 nitrogen and oxygen atoms in total. The highest BCUT2D eigenvalue weighted by Gasteiger charge is 2.05. The highest BCUT2D eigenvalue weighted by atomic mass is 35.5. The summed E-state index contributed by atoms with van der Waals surface area (Å²) in [5.74, 6) is 0. The molecule has 1 aromatic carbocycles. The maximum absolute atomic E-state index is 8.59. The SMILES string of the molecule is COCc1cccc(Cl)c1CC#N. The maximum atomic E-state index is 8.59. The van der Waals surface area contributed by atoms with Crippen molar-refractivity contribution in [3.8, 4) is 6.07 Å². The van der Waals surface area contributed by atoms with E-state index < -0.39 is 0 Å². The van der Waals surface area contributed by atoms with Gasteiger partial charge in [-0.1, -0.05) is 23.7 Å². The van der Waals surface area contributed by atoms with Gasteiger partial charge in [-0.15, -0.1) is 0 Å². The topological polar surface area (TPSA) is 33.0 Å². The predicted molar refractivity (Wildman–Crippen MR) is 51.5 cm³/mol. The van der Waals surface area contributed by atoms with Crippen LogP contribution in [0.25, 0.3) is 0 Å². The van der Waals surface area contributed by atoms with Gasteiger partial charge in [0.2, 0.25) is 0 Å². The van der Waals surface area contributed by atoms with Crippen molar-refractivity contribution in [1.82, 2.24) is 0 Å². The molecular formula is C10H10ClNO. The molecule has 0 amide bonds. The number of rotatable bonds is 3. The first kappa shape index (κ1) is 10.0. The van der Waals surface area contributed by atoms with E-state index in [0.717, 1.165) is 11.1 Å². The van der Waals surface area contributed by atoms with Crippen molar-refractivity contribution in [2.75, 3.05) is 7.11 Å². The molecule has 0 unspecified atom stereocenters. The normalized spacial score (nSPS) is 9.62. The third kappa shape index (κ3) is 2.45. The number of nitrogens with zero attached hydrogens (tertiary/aromatic N) is 1. The van der Waals surface area contributed by atoms with Crippen molar-refractivity contribution in [2.24, 2.45) is 0 Å². The molecule has 0 bridgehead atoms. The summed E-state index contributed by atoms with van der Waals surface area (Å²) in [5, 5.41) is 9.22. The predicted octanol–water partition coefficient (Wildman–Crippen LogP) is 2.55. The van der Waals surface area contributed by atoms with E-state index in [1.165, 1.54) is 0 Å². The number of hydrogen-bond acceptors (Lipinski definition) is 2. The van der Waals surface area contributed by atoms with Crippen LogP contribution < -0.4 is 0 Å². The summed E-state index contributed by atoms with van der Waals surface area (Å²) < 4.78 is 5.00. The van der Waals surface area contributed by atoms with Crippen molar-refractivity contribution in [2.45, 2.75) is 13.0 Å². The average molecular weight is 196 g/mol. The summed E-state index contributed by atoms with van der Waals surface area (Å²) in [7, 11) is 1.62. The Labute approximate surface area is 82.7 Å². The minimum atomic E-state index is 0.332. The third-order valence-corrected chi connectivity index (χ3v) is 2.13. The Bertz CT molecular complexity index is 330. The van der Waals surface area contributed by atoms with Crippen molar-refractivity contribution in [1.29, 1.82) is 5.26 Å². The second kappa shape index (κ2) is 4.86. The van der Waals surface area contributed by atoms with E-state index >= 15 is 0 Å².